The zero-order valence-electron chi connectivity index (χ0n) is 3.76. The van der Waals surface area contributed by atoms with Crippen LogP contribution in [-0.4, -0.2) is 17.8 Å². The maximum absolute atomic E-state index is 10.1. The van der Waals surface area contributed by atoms with E-state index in [0.29, 0.717) is 6.29 Å². The lowest BCUT2D eigenvalue weighted by atomic mass is 10.3. The zero-order chi connectivity index (χ0) is 5.70. The number of hydrogen-bond donors (Lipinski definition) is 1. The molecule has 40 valence electrons. The highest BCUT2D eigenvalue weighted by Gasteiger charge is 1.92. The molecular formula is C4H6O2S. The fourth-order valence-corrected chi connectivity index (χ4v) is 0.287. The summed E-state index contributed by atoms with van der Waals surface area (Å²) >= 11 is 3.64. The van der Waals surface area contributed by atoms with E-state index in [1.54, 1.807) is 0 Å². The van der Waals surface area contributed by atoms with E-state index in [9.17, 15) is 9.59 Å². The molecule has 0 rings (SSSR count). The lowest BCUT2D eigenvalue weighted by Crippen LogP contribution is -1.98. The minimum absolute atomic E-state index is 0.00347. The summed E-state index contributed by atoms with van der Waals surface area (Å²) in [6.45, 7) is 0. The third kappa shape index (κ3) is 3.52. The zero-order valence-corrected chi connectivity index (χ0v) is 4.65. The van der Waals surface area contributed by atoms with Crippen LogP contribution in [0.2, 0.25) is 0 Å². The van der Waals surface area contributed by atoms with E-state index in [4.69, 9.17) is 0 Å². The minimum atomic E-state index is -0.127. The number of carbonyl (C=O) groups excluding carboxylic acids is 2. The van der Waals surface area contributed by atoms with Gasteiger partial charge in [0.25, 0.3) is 0 Å². The van der Waals surface area contributed by atoms with Crippen molar-refractivity contribution < 1.29 is 9.59 Å². The smallest absolute Gasteiger partial charge is 0.149 e. The standard InChI is InChI=1S/C4H6O2S/c5-2-1-4(6)3-7/h2,7H,1,3H2. The van der Waals surface area contributed by atoms with Gasteiger partial charge in [0.15, 0.2) is 0 Å². The highest BCUT2D eigenvalue weighted by atomic mass is 32.1. The van der Waals surface area contributed by atoms with Gasteiger partial charge < -0.3 is 4.79 Å². The Balaban J connectivity index is 3.17. The second-order valence-corrected chi connectivity index (χ2v) is 1.38. The highest BCUT2D eigenvalue weighted by molar-refractivity contribution is 7.81. The molecule has 0 saturated carbocycles. The molecule has 0 unspecified atom stereocenters. The maximum Gasteiger partial charge on any atom is 0.149 e. The quantitative estimate of drug-likeness (QED) is 0.323. The average molecular weight is 118 g/mol. The number of carbonyl (C=O) groups is 2. The number of hydrogen-bond acceptors (Lipinski definition) is 3. The first kappa shape index (κ1) is 6.69. The van der Waals surface area contributed by atoms with E-state index in [0.717, 1.165) is 0 Å². The van der Waals surface area contributed by atoms with Crippen LogP contribution < -0.4 is 0 Å². The van der Waals surface area contributed by atoms with Gasteiger partial charge in [-0.1, -0.05) is 0 Å². The third-order valence-electron chi connectivity index (χ3n) is 0.487. The van der Waals surface area contributed by atoms with Gasteiger partial charge in [-0.2, -0.15) is 12.6 Å². The average Bonchev–Trinajstić information content (AvgIpc) is 1.68. The Bertz CT molecular complexity index is 79.8. The first-order chi connectivity index (χ1) is 3.31. The molecular weight excluding hydrogens is 112 g/mol. The topological polar surface area (TPSA) is 34.1 Å². The van der Waals surface area contributed by atoms with Gasteiger partial charge in [0.1, 0.15) is 12.1 Å². The summed E-state index contributed by atoms with van der Waals surface area (Å²) in [5, 5.41) is 0. The van der Waals surface area contributed by atoms with Gasteiger partial charge in [-0.25, -0.2) is 0 Å². The number of Topliss-reactive ketones (excluding diaryl/α,β-unsaturated/α-hetero) is 1. The number of ketones is 1. The summed E-state index contributed by atoms with van der Waals surface area (Å²) < 4.78 is 0. The molecule has 0 N–H and O–H groups in total. The van der Waals surface area contributed by atoms with Crippen molar-refractivity contribution in [3.63, 3.8) is 0 Å². The third-order valence-corrected chi connectivity index (χ3v) is 0.840. The molecule has 0 bridgehead atoms. The molecule has 0 aliphatic heterocycles. The normalized spacial score (nSPS) is 8.14. The molecule has 0 aliphatic rings. The summed E-state index contributed by atoms with van der Waals surface area (Å²) in [5.41, 5.74) is 0. The molecule has 3 heteroatoms. The monoisotopic (exact) mass is 118 g/mol. The predicted octanol–water partition coefficient (Wildman–Crippen LogP) is 0.0743. The van der Waals surface area contributed by atoms with Crippen LogP contribution in [0.1, 0.15) is 6.42 Å². The minimum Gasteiger partial charge on any atom is -0.303 e. The summed E-state index contributed by atoms with van der Waals surface area (Å²) in [6, 6.07) is 0. The van der Waals surface area contributed by atoms with Gasteiger partial charge in [-0.3, -0.25) is 4.79 Å². The van der Waals surface area contributed by atoms with E-state index >= 15 is 0 Å². The van der Waals surface area contributed by atoms with E-state index < -0.39 is 0 Å². The Morgan fingerprint density at radius 3 is 2.43 bits per heavy atom. The van der Waals surface area contributed by atoms with E-state index in [2.05, 4.69) is 12.6 Å². The molecule has 0 atom stereocenters. The van der Waals surface area contributed by atoms with E-state index in [-0.39, 0.29) is 18.0 Å². The molecule has 7 heavy (non-hydrogen) atoms. The maximum atomic E-state index is 10.1. The molecule has 0 aromatic carbocycles. The van der Waals surface area contributed by atoms with Crippen molar-refractivity contribution in [1.82, 2.24) is 0 Å². The molecule has 0 heterocycles. The predicted molar refractivity (Wildman–Crippen MR) is 29.5 cm³/mol. The summed E-state index contributed by atoms with van der Waals surface area (Å²) in [5.74, 6) is 0.0389. The van der Waals surface area contributed by atoms with Gasteiger partial charge in [-0.15, -0.1) is 0 Å². The van der Waals surface area contributed by atoms with Crippen molar-refractivity contribution in [3.8, 4) is 0 Å². The van der Waals surface area contributed by atoms with Crippen LogP contribution in [0.15, 0.2) is 0 Å². The number of thiol groups is 1. The first-order valence-corrected chi connectivity index (χ1v) is 2.50. The molecule has 0 saturated heterocycles. The van der Waals surface area contributed by atoms with Crippen molar-refractivity contribution in [2.45, 2.75) is 6.42 Å². The molecule has 2 nitrogen and oxygen atoms in total. The van der Waals surface area contributed by atoms with Crippen LogP contribution in [0.3, 0.4) is 0 Å². The molecule has 0 spiro atoms. The van der Waals surface area contributed by atoms with Crippen molar-refractivity contribution in [3.05, 3.63) is 0 Å². The molecule has 0 aromatic rings. The van der Waals surface area contributed by atoms with Gasteiger partial charge >= 0.3 is 0 Å². The van der Waals surface area contributed by atoms with Crippen molar-refractivity contribution in [1.29, 1.82) is 0 Å². The summed E-state index contributed by atoms with van der Waals surface area (Å²) in [7, 11) is 0. The fourth-order valence-electron chi connectivity index (χ4n) is 0.157. The molecule has 0 aliphatic carbocycles. The van der Waals surface area contributed by atoms with Crippen molar-refractivity contribution in [2.24, 2.45) is 0 Å². The van der Waals surface area contributed by atoms with Crippen LogP contribution in [0, 0.1) is 0 Å². The van der Waals surface area contributed by atoms with Crippen molar-refractivity contribution >= 4 is 24.7 Å². The van der Waals surface area contributed by atoms with Crippen LogP contribution in [0.4, 0.5) is 0 Å². The Morgan fingerprint density at radius 1 is 1.71 bits per heavy atom. The second-order valence-electron chi connectivity index (χ2n) is 1.07. The Hall–Kier alpha value is -0.310. The molecule has 0 fully saturated rings. The largest absolute Gasteiger partial charge is 0.303 e. The van der Waals surface area contributed by atoms with Crippen LogP contribution >= 0.6 is 12.6 Å². The number of rotatable bonds is 3. The SMILES string of the molecule is O=CCC(=O)CS. The molecule has 0 aromatic heterocycles. The summed E-state index contributed by atoms with van der Waals surface area (Å²) in [4.78, 5) is 19.6. The Kier molecular flexibility index (Phi) is 3.69. The molecule has 0 radical (unpaired) electrons. The second kappa shape index (κ2) is 3.87. The Morgan fingerprint density at radius 2 is 2.29 bits per heavy atom. The Labute approximate surface area is 47.3 Å². The van der Waals surface area contributed by atoms with Gasteiger partial charge in [0, 0.05) is 5.75 Å². The first-order valence-electron chi connectivity index (χ1n) is 1.87. The summed E-state index contributed by atoms with van der Waals surface area (Å²) in [6.07, 6.45) is 0.585. The van der Waals surface area contributed by atoms with Gasteiger partial charge in [-0.05, 0) is 0 Å². The van der Waals surface area contributed by atoms with E-state index in [1.807, 2.05) is 0 Å². The molecule has 0 amide bonds. The van der Waals surface area contributed by atoms with Crippen LogP contribution in [0.25, 0.3) is 0 Å². The lowest BCUT2D eigenvalue weighted by Gasteiger charge is -1.80. The van der Waals surface area contributed by atoms with Crippen LogP contribution in [-0.2, 0) is 9.59 Å². The fraction of sp³-hybridized carbons (Fsp3) is 0.500. The number of aldehydes is 1. The van der Waals surface area contributed by atoms with Crippen molar-refractivity contribution in [2.75, 3.05) is 5.75 Å². The van der Waals surface area contributed by atoms with Gasteiger partial charge in [0.05, 0.1) is 6.42 Å². The van der Waals surface area contributed by atoms with E-state index in [1.165, 1.54) is 0 Å². The highest BCUT2D eigenvalue weighted by Crippen LogP contribution is 1.79. The lowest BCUT2D eigenvalue weighted by molar-refractivity contribution is -0.120. The van der Waals surface area contributed by atoms with Crippen LogP contribution in [0.5, 0.6) is 0 Å². The van der Waals surface area contributed by atoms with Gasteiger partial charge in [0.2, 0.25) is 0 Å².